The number of aromatic nitrogens is 2. The lowest BCUT2D eigenvalue weighted by molar-refractivity contribution is 0.183. The smallest absolute Gasteiger partial charge is 0.315 e. The van der Waals surface area contributed by atoms with Crippen LogP contribution in [0.5, 0.6) is 0 Å². The molecule has 0 radical (unpaired) electrons. The second kappa shape index (κ2) is 5.56. The predicted molar refractivity (Wildman–Crippen MR) is 51.8 cm³/mol. The lowest BCUT2D eigenvalue weighted by Gasteiger charge is -2.13. The minimum atomic E-state index is 0.186. The van der Waals surface area contributed by atoms with Gasteiger partial charge in [-0.15, -0.1) is 5.10 Å². The molecule has 6 heteroatoms. The van der Waals surface area contributed by atoms with Crippen molar-refractivity contribution in [2.45, 2.75) is 25.9 Å². The molecular weight excluding hydrogens is 184 g/mol. The van der Waals surface area contributed by atoms with Gasteiger partial charge in [0.1, 0.15) is 0 Å². The van der Waals surface area contributed by atoms with Gasteiger partial charge in [0.15, 0.2) is 0 Å². The van der Waals surface area contributed by atoms with E-state index in [0.717, 1.165) is 6.42 Å². The molecule has 0 saturated heterocycles. The minimum absolute atomic E-state index is 0.186. The molecule has 0 fully saturated rings. The number of anilines is 1. The molecule has 0 saturated carbocycles. The lowest BCUT2D eigenvalue weighted by atomic mass is 10.2. The van der Waals surface area contributed by atoms with Crippen LogP contribution < -0.4 is 11.1 Å². The maximum absolute atomic E-state index is 5.34. The summed E-state index contributed by atoms with van der Waals surface area (Å²) in [7, 11) is 1.66. The molecule has 0 aromatic carbocycles. The second-order valence-corrected chi connectivity index (χ2v) is 2.91. The van der Waals surface area contributed by atoms with E-state index in [2.05, 4.69) is 22.4 Å². The SMILES string of the molecule is CCC(COC)Nc1nnc(CN)o1. The average molecular weight is 200 g/mol. The molecule has 14 heavy (non-hydrogen) atoms. The van der Waals surface area contributed by atoms with Crippen LogP contribution in [-0.2, 0) is 11.3 Å². The summed E-state index contributed by atoms with van der Waals surface area (Å²) in [5.41, 5.74) is 5.34. The molecule has 3 N–H and O–H groups in total. The maximum atomic E-state index is 5.34. The van der Waals surface area contributed by atoms with Gasteiger partial charge < -0.3 is 20.2 Å². The number of rotatable bonds is 6. The molecule has 1 atom stereocenters. The highest BCUT2D eigenvalue weighted by atomic mass is 16.5. The Hall–Kier alpha value is -1.14. The first-order valence-electron chi connectivity index (χ1n) is 4.58. The normalized spacial score (nSPS) is 12.8. The second-order valence-electron chi connectivity index (χ2n) is 2.91. The van der Waals surface area contributed by atoms with Crippen molar-refractivity contribution in [1.82, 2.24) is 10.2 Å². The molecule has 6 nitrogen and oxygen atoms in total. The van der Waals surface area contributed by atoms with Crippen LogP contribution in [0.4, 0.5) is 6.01 Å². The monoisotopic (exact) mass is 200 g/mol. The molecule has 0 aliphatic carbocycles. The topological polar surface area (TPSA) is 86.2 Å². The summed E-state index contributed by atoms with van der Waals surface area (Å²) in [4.78, 5) is 0. The van der Waals surface area contributed by atoms with Crippen molar-refractivity contribution in [2.75, 3.05) is 19.0 Å². The summed E-state index contributed by atoms with van der Waals surface area (Å²) in [5, 5.41) is 10.6. The van der Waals surface area contributed by atoms with Crippen molar-refractivity contribution >= 4 is 6.01 Å². The number of nitrogens with two attached hydrogens (primary N) is 1. The summed E-state index contributed by atoms with van der Waals surface area (Å²) in [6.07, 6.45) is 0.925. The number of hydrogen-bond acceptors (Lipinski definition) is 6. The van der Waals surface area contributed by atoms with Crippen LogP contribution in [0.2, 0.25) is 0 Å². The molecule has 0 bridgehead atoms. The summed E-state index contributed by atoms with van der Waals surface area (Å²) in [6.45, 7) is 2.92. The minimum Gasteiger partial charge on any atom is -0.407 e. The molecule has 1 heterocycles. The first-order chi connectivity index (χ1) is 6.80. The Balaban J connectivity index is 2.48. The number of nitrogens with one attached hydrogen (secondary N) is 1. The largest absolute Gasteiger partial charge is 0.407 e. The number of ether oxygens (including phenoxy) is 1. The van der Waals surface area contributed by atoms with Crippen LogP contribution >= 0.6 is 0 Å². The summed E-state index contributed by atoms with van der Waals surface area (Å²) in [6, 6.07) is 0.584. The van der Waals surface area contributed by atoms with Crippen LogP contribution in [0.15, 0.2) is 4.42 Å². The van der Waals surface area contributed by atoms with Gasteiger partial charge in [-0.1, -0.05) is 12.0 Å². The van der Waals surface area contributed by atoms with Gasteiger partial charge in [-0.05, 0) is 6.42 Å². The first kappa shape index (κ1) is 10.9. The fourth-order valence-electron chi connectivity index (χ4n) is 1.03. The van der Waals surface area contributed by atoms with Gasteiger partial charge in [0.05, 0.1) is 19.2 Å². The molecule has 1 rings (SSSR count). The summed E-state index contributed by atoms with van der Waals surface area (Å²) in [5.74, 6) is 0.430. The molecule has 1 aromatic heterocycles. The van der Waals surface area contributed by atoms with Gasteiger partial charge in [0.25, 0.3) is 0 Å². The Morgan fingerprint density at radius 2 is 2.36 bits per heavy atom. The Bertz CT molecular complexity index is 264. The van der Waals surface area contributed by atoms with Crippen LogP contribution in [0, 0.1) is 0 Å². The van der Waals surface area contributed by atoms with E-state index in [0.29, 0.717) is 18.5 Å². The van der Waals surface area contributed by atoms with Crippen molar-refractivity contribution in [2.24, 2.45) is 5.73 Å². The Morgan fingerprint density at radius 1 is 1.57 bits per heavy atom. The molecular formula is C8H16N4O2. The van der Waals surface area contributed by atoms with E-state index in [1.165, 1.54) is 0 Å². The zero-order valence-electron chi connectivity index (χ0n) is 8.49. The number of hydrogen-bond donors (Lipinski definition) is 2. The summed E-state index contributed by atoms with van der Waals surface area (Å²) < 4.78 is 10.2. The molecule has 1 unspecified atom stereocenters. The van der Waals surface area contributed by atoms with E-state index in [-0.39, 0.29) is 12.6 Å². The maximum Gasteiger partial charge on any atom is 0.315 e. The Labute approximate surface area is 82.8 Å². The van der Waals surface area contributed by atoms with Crippen molar-refractivity contribution in [3.8, 4) is 0 Å². The number of methoxy groups -OCH3 is 1. The van der Waals surface area contributed by atoms with E-state index in [1.807, 2.05) is 0 Å². The van der Waals surface area contributed by atoms with Crippen LogP contribution in [-0.4, -0.2) is 30.0 Å². The van der Waals surface area contributed by atoms with Gasteiger partial charge >= 0.3 is 6.01 Å². The highest BCUT2D eigenvalue weighted by molar-refractivity contribution is 5.19. The third-order valence-electron chi connectivity index (χ3n) is 1.83. The van der Waals surface area contributed by atoms with Crippen molar-refractivity contribution in [3.63, 3.8) is 0 Å². The predicted octanol–water partition coefficient (Wildman–Crippen LogP) is 0.365. The highest BCUT2D eigenvalue weighted by Gasteiger charge is 2.10. The zero-order valence-corrected chi connectivity index (χ0v) is 8.49. The van der Waals surface area contributed by atoms with Gasteiger partial charge in [-0.2, -0.15) is 0 Å². The van der Waals surface area contributed by atoms with E-state index in [4.69, 9.17) is 14.9 Å². The first-order valence-corrected chi connectivity index (χ1v) is 4.58. The van der Waals surface area contributed by atoms with Gasteiger partial charge in [0, 0.05) is 7.11 Å². The Kier molecular flexibility index (Phi) is 4.34. The molecule has 0 aliphatic heterocycles. The average Bonchev–Trinajstić information content (AvgIpc) is 2.65. The van der Waals surface area contributed by atoms with Crippen molar-refractivity contribution in [1.29, 1.82) is 0 Å². The number of nitrogens with zero attached hydrogens (tertiary/aromatic N) is 2. The van der Waals surface area contributed by atoms with Crippen molar-refractivity contribution < 1.29 is 9.15 Å². The van der Waals surface area contributed by atoms with Gasteiger partial charge in [-0.3, -0.25) is 0 Å². The summed E-state index contributed by atoms with van der Waals surface area (Å²) >= 11 is 0. The molecule has 1 aromatic rings. The zero-order chi connectivity index (χ0) is 10.4. The van der Waals surface area contributed by atoms with E-state index >= 15 is 0 Å². The molecule has 0 amide bonds. The van der Waals surface area contributed by atoms with Gasteiger partial charge in [-0.25, -0.2) is 0 Å². The fraction of sp³-hybridized carbons (Fsp3) is 0.750. The standard InChI is InChI=1S/C8H16N4O2/c1-3-6(5-13-2)10-8-12-11-7(4-9)14-8/h6H,3-5,9H2,1-2H3,(H,10,12). The quantitative estimate of drug-likeness (QED) is 0.689. The van der Waals surface area contributed by atoms with E-state index in [9.17, 15) is 0 Å². The van der Waals surface area contributed by atoms with E-state index < -0.39 is 0 Å². The van der Waals surface area contributed by atoms with Crippen LogP contribution in [0.1, 0.15) is 19.2 Å². The van der Waals surface area contributed by atoms with Crippen LogP contribution in [0.3, 0.4) is 0 Å². The highest BCUT2D eigenvalue weighted by Crippen LogP contribution is 2.07. The Morgan fingerprint density at radius 3 is 2.86 bits per heavy atom. The third-order valence-corrected chi connectivity index (χ3v) is 1.83. The van der Waals surface area contributed by atoms with E-state index in [1.54, 1.807) is 7.11 Å². The molecule has 0 spiro atoms. The fourth-order valence-corrected chi connectivity index (χ4v) is 1.03. The molecule has 80 valence electrons. The van der Waals surface area contributed by atoms with Gasteiger partial charge in [0.2, 0.25) is 5.89 Å². The lowest BCUT2D eigenvalue weighted by Crippen LogP contribution is -2.23. The molecule has 0 aliphatic rings. The van der Waals surface area contributed by atoms with Crippen LogP contribution in [0.25, 0.3) is 0 Å². The van der Waals surface area contributed by atoms with Crippen molar-refractivity contribution in [3.05, 3.63) is 5.89 Å². The third kappa shape index (κ3) is 2.97.